The lowest BCUT2D eigenvalue weighted by Crippen LogP contribution is -2.20. The minimum absolute atomic E-state index is 0.430. The second-order valence-electron chi connectivity index (χ2n) is 15.4. The van der Waals surface area contributed by atoms with Gasteiger partial charge in [0.05, 0.1) is 22.8 Å². The van der Waals surface area contributed by atoms with E-state index in [2.05, 4.69) is 139 Å². The molecule has 5 heteroatoms. The molecule has 0 saturated heterocycles. The summed E-state index contributed by atoms with van der Waals surface area (Å²) in [7, 11) is 0. The molecule has 292 valence electrons. The molecule has 8 aromatic carbocycles. The number of para-hydroxylation sites is 2. The molecule has 0 spiro atoms. The van der Waals surface area contributed by atoms with Gasteiger partial charge < -0.3 is 9.73 Å². The average Bonchev–Trinajstić information content (AvgIpc) is 3.74. The third kappa shape index (κ3) is 6.78. The van der Waals surface area contributed by atoms with Crippen LogP contribution >= 0.6 is 0 Å². The summed E-state index contributed by atoms with van der Waals surface area (Å²) in [6.45, 7) is 0. The van der Waals surface area contributed by atoms with Crippen molar-refractivity contribution in [1.29, 1.82) is 5.41 Å². The van der Waals surface area contributed by atoms with Crippen LogP contribution in [0.2, 0.25) is 0 Å². The van der Waals surface area contributed by atoms with Gasteiger partial charge in [-0.05, 0) is 46.5 Å². The molecular weight excluding hydrogens is 757 g/mol. The predicted molar refractivity (Wildman–Crippen MR) is 255 cm³/mol. The number of furan rings is 1. The van der Waals surface area contributed by atoms with Crippen LogP contribution in [0, 0.1) is 5.41 Å². The number of hydrogen-bond acceptors (Lipinski definition) is 5. The first-order chi connectivity index (χ1) is 30.6. The smallest absolute Gasteiger partial charge is 0.160 e. The Balaban J connectivity index is 1.03. The molecule has 0 radical (unpaired) electrons. The van der Waals surface area contributed by atoms with Crippen LogP contribution in [-0.4, -0.2) is 15.7 Å². The first-order valence-corrected chi connectivity index (χ1v) is 20.7. The molecular formula is C57H38N4O. The zero-order chi connectivity index (χ0) is 41.4. The second kappa shape index (κ2) is 15.6. The predicted octanol–water partition coefficient (Wildman–Crippen LogP) is 14.1. The fourth-order valence-corrected chi connectivity index (χ4v) is 8.46. The van der Waals surface area contributed by atoms with Crippen LogP contribution in [0.4, 0.5) is 0 Å². The molecule has 0 bridgehead atoms. The van der Waals surface area contributed by atoms with E-state index in [1.165, 1.54) is 0 Å². The Morgan fingerprint density at radius 1 is 0.452 bits per heavy atom. The number of hydrogen-bond donors (Lipinski definition) is 2. The molecule has 2 N–H and O–H groups in total. The highest BCUT2D eigenvalue weighted by molar-refractivity contribution is 6.36. The summed E-state index contributed by atoms with van der Waals surface area (Å²) in [6.07, 6.45) is 2.19. The summed E-state index contributed by atoms with van der Waals surface area (Å²) in [5.41, 5.74) is 16.3. The number of nitrogens with zero attached hydrogens (tertiary/aromatic N) is 2. The van der Waals surface area contributed by atoms with Gasteiger partial charge in [0, 0.05) is 55.4 Å². The zero-order valence-electron chi connectivity index (χ0n) is 33.6. The van der Waals surface area contributed by atoms with Crippen molar-refractivity contribution in [3.05, 3.63) is 240 Å². The maximum Gasteiger partial charge on any atom is 0.160 e. The van der Waals surface area contributed by atoms with Crippen LogP contribution in [0.1, 0.15) is 27.8 Å². The van der Waals surface area contributed by atoms with Crippen LogP contribution in [0.25, 0.3) is 90.0 Å². The summed E-state index contributed by atoms with van der Waals surface area (Å²) >= 11 is 0. The number of aromatic nitrogens is 2. The topological polar surface area (TPSA) is 74.8 Å². The number of fused-ring (bicyclic) bond motifs is 4. The molecule has 0 unspecified atom stereocenters. The largest absolute Gasteiger partial charge is 0.455 e. The van der Waals surface area contributed by atoms with Crippen molar-refractivity contribution in [3.63, 3.8) is 0 Å². The van der Waals surface area contributed by atoms with Crippen molar-refractivity contribution in [2.45, 2.75) is 0 Å². The summed E-state index contributed by atoms with van der Waals surface area (Å²) in [5, 5.41) is 15.7. The van der Waals surface area contributed by atoms with Gasteiger partial charge in [0.2, 0.25) is 0 Å². The Kier molecular flexibility index (Phi) is 9.25. The third-order valence-corrected chi connectivity index (χ3v) is 11.5. The highest BCUT2D eigenvalue weighted by Crippen LogP contribution is 2.39. The van der Waals surface area contributed by atoms with Gasteiger partial charge >= 0.3 is 0 Å². The first-order valence-electron chi connectivity index (χ1n) is 20.7. The molecule has 0 fully saturated rings. The van der Waals surface area contributed by atoms with E-state index in [4.69, 9.17) is 14.4 Å². The SMILES string of the molecule is N=C(/C(=C1\NC(c2ccccc2)=Cc2ccccc21)c1ccc(-c2cc(-c3cccc(-c4cccc5c4oc4ccccc45)c3)nc(-c3ccccc3)n2)cc1)c1ccccc1. The standard InChI is InChI=1S/C57H38N4O/c58-54(40-18-6-2-7-19-40)53(55-45-25-11-10-22-43(45)35-49(59-55)37-16-4-1-5-17-37)39-32-30-38(31-33-39)50-36-51(61-57(60-50)41-20-8-3-9-21-41)44-24-14-23-42(34-44)46-27-15-28-48-47-26-12-13-29-52(47)62-56(46)48/h1-36,58-59H/b55-53-,58-54?. The van der Waals surface area contributed by atoms with Crippen molar-refractivity contribution >= 4 is 50.7 Å². The molecule has 0 saturated carbocycles. The molecule has 0 aliphatic carbocycles. The highest BCUT2D eigenvalue weighted by atomic mass is 16.3. The maximum absolute atomic E-state index is 9.75. The molecule has 0 amide bonds. The Bertz CT molecular complexity index is 3370. The van der Waals surface area contributed by atoms with Crippen LogP contribution in [0.5, 0.6) is 0 Å². The molecule has 10 aromatic rings. The molecule has 3 heterocycles. The lowest BCUT2D eigenvalue weighted by Gasteiger charge is -2.26. The van der Waals surface area contributed by atoms with Gasteiger partial charge in [0.15, 0.2) is 5.82 Å². The Morgan fingerprint density at radius 3 is 1.84 bits per heavy atom. The van der Waals surface area contributed by atoms with Crippen LogP contribution in [0.3, 0.4) is 0 Å². The van der Waals surface area contributed by atoms with E-state index in [-0.39, 0.29) is 0 Å². The quantitative estimate of drug-likeness (QED) is 0.150. The fraction of sp³-hybridized carbons (Fsp3) is 0. The minimum Gasteiger partial charge on any atom is -0.455 e. The van der Waals surface area contributed by atoms with Gasteiger partial charge in [-0.3, -0.25) is 5.41 Å². The monoisotopic (exact) mass is 794 g/mol. The normalized spacial score (nSPS) is 13.0. The Morgan fingerprint density at radius 2 is 1.05 bits per heavy atom. The van der Waals surface area contributed by atoms with E-state index >= 15 is 0 Å². The van der Waals surface area contributed by atoms with Gasteiger partial charge in [-0.15, -0.1) is 0 Å². The summed E-state index contributed by atoms with van der Waals surface area (Å²) in [4.78, 5) is 10.3. The van der Waals surface area contributed by atoms with Crippen molar-refractivity contribution in [2.75, 3.05) is 0 Å². The summed E-state index contributed by atoms with van der Waals surface area (Å²) < 4.78 is 6.44. The van der Waals surface area contributed by atoms with E-state index in [1.807, 2.05) is 84.9 Å². The van der Waals surface area contributed by atoms with Crippen LogP contribution in [-0.2, 0) is 0 Å². The van der Waals surface area contributed by atoms with Gasteiger partial charge in [0.25, 0.3) is 0 Å². The second-order valence-corrected chi connectivity index (χ2v) is 15.4. The van der Waals surface area contributed by atoms with Crippen molar-refractivity contribution in [1.82, 2.24) is 15.3 Å². The molecule has 2 aromatic heterocycles. The van der Waals surface area contributed by atoms with Crippen molar-refractivity contribution < 1.29 is 4.42 Å². The first kappa shape index (κ1) is 36.7. The van der Waals surface area contributed by atoms with E-state index in [0.29, 0.717) is 11.5 Å². The lowest BCUT2D eigenvalue weighted by molar-refractivity contribution is 0.670. The van der Waals surface area contributed by atoms with Crippen LogP contribution in [0.15, 0.2) is 217 Å². The third-order valence-electron chi connectivity index (χ3n) is 11.5. The van der Waals surface area contributed by atoms with Gasteiger partial charge in [-0.1, -0.05) is 194 Å². The molecule has 1 aliphatic heterocycles. The van der Waals surface area contributed by atoms with Gasteiger partial charge in [0.1, 0.15) is 11.2 Å². The fourth-order valence-electron chi connectivity index (χ4n) is 8.46. The number of rotatable bonds is 8. The van der Waals surface area contributed by atoms with E-state index in [1.54, 1.807) is 0 Å². The molecule has 62 heavy (non-hydrogen) atoms. The van der Waals surface area contributed by atoms with E-state index < -0.39 is 0 Å². The zero-order valence-corrected chi connectivity index (χ0v) is 33.6. The average molecular weight is 795 g/mol. The molecule has 11 rings (SSSR count). The number of nitrogens with one attached hydrogen (secondary N) is 2. The van der Waals surface area contributed by atoms with Crippen molar-refractivity contribution in [2.24, 2.45) is 0 Å². The van der Waals surface area contributed by atoms with Gasteiger partial charge in [-0.25, -0.2) is 9.97 Å². The minimum atomic E-state index is 0.430. The molecule has 1 aliphatic rings. The van der Waals surface area contributed by atoms with E-state index in [9.17, 15) is 5.41 Å². The Labute approximate surface area is 359 Å². The highest BCUT2D eigenvalue weighted by Gasteiger charge is 2.24. The van der Waals surface area contributed by atoms with Crippen LogP contribution < -0.4 is 5.32 Å². The summed E-state index contributed by atoms with van der Waals surface area (Å²) in [5.74, 6) is 0.642. The summed E-state index contributed by atoms with van der Waals surface area (Å²) in [6, 6.07) is 72.3. The number of allylic oxidation sites excluding steroid dienone is 1. The lowest BCUT2D eigenvalue weighted by atomic mass is 9.87. The van der Waals surface area contributed by atoms with Crippen molar-refractivity contribution in [3.8, 4) is 45.0 Å². The number of benzene rings is 8. The molecule has 5 nitrogen and oxygen atoms in total. The maximum atomic E-state index is 9.75. The van der Waals surface area contributed by atoms with E-state index in [0.717, 1.165) is 106 Å². The van der Waals surface area contributed by atoms with Gasteiger partial charge in [-0.2, -0.15) is 0 Å². The Hall–Kier alpha value is -8.41. The molecule has 0 atom stereocenters.